The number of nitrogens with zero attached hydrogens (tertiary/aromatic N) is 1. The van der Waals surface area contributed by atoms with E-state index in [0.29, 0.717) is 34.4 Å². The molecule has 6 heteroatoms. The molecule has 0 unspecified atom stereocenters. The highest BCUT2D eigenvalue weighted by Gasteiger charge is 2.15. The number of carbonyl (C=O) groups excluding carboxylic acids is 1. The molecule has 0 bridgehead atoms. The molecule has 26 heavy (non-hydrogen) atoms. The smallest absolute Gasteiger partial charge is 0.266 e. The fourth-order valence-corrected chi connectivity index (χ4v) is 2.46. The number of nitrogens with one attached hydrogen (secondary N) is 1. The topological polar surface area (TPSA) is 71.3 Å². The van der Waals surface area contributed by atoms with E-state index in [-0.39, 0.29) is 5.57 Å². The molecule has 0 fully saturated rings. The maximum absolute atomic E-state index is 12.6. The van der Waals surface area contributed by atoms with Crippen molar-refractivity contribution in [1.82, 2.24) is 0 Å². The lowest BCUT2D eigenvalue weighted by atomic mass is 10.1. The molecule has 5 nitrogen and oxygen atoms in total. The van der Waals surface area contributed by atoms with E-state index < -0.39 is 5.91 Å². The van der Waals surface area contributed by atoms with Gasteiger partial charge in [0.15, 0.2) is 0 Å². The lowest BCUT2D eigenvalue weighted by Crippen LogP contribution is -2.14. The molecule has 0 saturated carbocycles. The van der Waals surface area contributed by atoms with Crippen molar-refractivity contribution in [2.24, 2.45) is 0 Å². The van der Waals surface area contributed by atoms with Crippen LogP contribution in [0, 0.1) is 18.3 Å². The fourth-order valence-electron chi connectivity index (χ4n) is 2.31. The van der Waals surface area contributed by atoms with E-state index in [1.807, 2.05) is 32.0 Å². The number of ether oxygens (including phenoxy) is 2. The third-order valence-electron chi connectivity index (χ3n) is 3.61. The SMILES string of the molecule is CCOc1ccccc1/C=C(\C#N)C(=O)Nc1cc(C)c(Cl)cc1OC. The minimum absolute atomic E-state index is 0.0493. The van der Waals surface area contributed by atoms with Crippen molar-refractivity contribution in [1.29, 1.82) is 5.26 Å². The van der Waals surface area contributed by atoms with Crippen LogP contribution in [0.25, 0.3) is 6.08 Å². The maximum atomic E-state index is 12.6. The van der Waals surface area contributed by atoms with Crippen molar-refractivity contribution in [3.63, 3.8) is 0 Å². The molecule has 2 aromatic carbocycles. The van der Waals surface area contributed by atoms with Gasteiger partial charge in [0, 0.05) is 16.7 Å². The highest BCUT2D eigenvalue weighted by Crippen LogP contribution is 2.31. The molecule has 0 aromatic heterocycles. The van der Waals surface area contributed by atoms with Crippen LogP contribution in [-0.2, 0) is 4.79 Å². The van der Waals surface area contributed by atoms with Crippen molar-refractivity contribution >= 4 is 29.3 Å². The molecule has 2 aromatic rings. The lowest BCUT2D eigenvalue weighted by molar-refractivity contribution is -0.112. The van der Waals surface area contributed by atoms with Crippen LogP contribution in [0.4, 0.5) is 5.69 Å². The van der Waals surface area contributed by atoms with Gasteiger partial charge in [-0.3, -0.25) is 4.79 Å². The standard InChI is InChI=1S/C20H19ClN2O3/c1-4-26-18-8-6-5-7-14(18)10-15(12-22)20(24)23-17-9-13(2)16(21)11-19(17)25-3/h5-11H,4H2,1-3H3,(H,23,24)/b15-10+. The summed E-state index contributed by atoms with van der Waals surface area (Å²) in [4.78, 5) is 12.6. The van der Waals surface area contributed by atoms with E-state index in [1.165, 1.54) is 13.2 Å². The number of carbonyl (C=O) groups is 1. The van der Waals surface area contributed by atoms with Gasteiger partial charge in [0.25, 0.3) is 5.91 Å². The second-order valence-electron chi connectivity index (χ2n) is 5.40. The average molecular weight is 371 g/mol. The number of amides is 1. The summed E-state index contributed by atoms with van der Waals surface area (Å²) in [7, 11) is 1.48. The molecule has 0 saturated heterocycles. The maximum Gasteiger partial charge on any atom is 0.266 e. The fraction of sp³-hybridized carbons (Fsp3) is 0.200. The van der Waals surface area contributed by atoms with Crippen LogP contribution in [0.1, 0.15) is 18.1 Å². The normalized spacial score (nSPS) is 10.8. The van der Waals surface area contributed by atoms with Gasteiger partial charge in [-0.2, -0.15) is 5.26 Å². The Bertz CT molecular complexity index is 885. The molecule has 0 spiro atoms. The first kappa shape index (κ1) is 19.4. The third kappa shape index (κ3) is 4.56. The summed E-state index contributed by atoms with van der Waals surface area (Å²) in [6.07, 6.45) is 1.50. The van der Waals surface area contributed by atoms with E-state index in [4.69, 9.17) is 21.1 Å². The Hall–Kier alpha value is -2.97. The van der Waals surface area contributed by atoms with Crippen LogP contribution in [-0.4, -0.2) is 19.6 Å². The zero-order valence-corrected chi connectivity index (χ0v) is 15.6. The van der Waals surface area contributed by atoms with E-state index >= 15 is 0 Å². The predicted molar refractivity (Wildman–Crippen MR) is 103 cm³/mol. The monoisotopic (exact) mass is 370 g/mol. The molecule has 0 atom stereocenters. The Labute approximate surface area is 157 Å². The minimum atomic E-state index is -0.543. The Morgan fingerprint density at radius 2 is 2.04 bits per heavy atom. The number of anilines is 1. The number of hydrogen-bond acceptors (Lipinski definition) is 4. The number of methoxy groups -OCH3 is 1. The first-order valence-corrected chi connectivity index (χ1v) is 8.37. The molecule has 0 aliphatic heterocycles. The summed E-state index contributed by atoms with van der Waals surface area (Å²) in [5.41, 5.74) is 1.83. The van der Waals surface area contributed by atoms with Gasteiger partial charge in [0.05, 0.1) is 19.4 Å². The lowest BCUT2D eigenvalue weighted by Gasteiger charge is -2.12. The number of aryl methyl sites for hydroxylation is 1. The van der Waals surface area contributed by atoms with Gasteiger partial charge in [0.2, 0.25) is 0 Å². The molecule has 134 valence electrons. The van der Waals surface area contributed by atoms with E-state index in [2.05, 4.69) is 5.32 Å². The Balaban J connectivity index is 2.34. The second-order valence-corrected chi connectivity index (χ2v) is 5.80. The van der Waals surface area contributed by atoms with Crippen LogP contribution in [0.15, 0.2) is 42.0 Å². The summed E-state index contributed by atoms with van der Waals surface area (Å²) >= 11 is 6.08. The quantitative estimate of drug-likeness (QED) is 0.595. The van der Waals surface area contributed by atoms with Crippen LogP contribution in [0.2, 0.25) is 5.02 Å². The minimum Gasteiger partial charge on any atom is -0.495 e. The number of halogens is 1. The summed E-state index contributed by atoms with van der Waals surface area (Å²) in [6, 6.07) is 12.5. The highest BCUT2D eigenvalue weighted by molar-refractivity contribution is 6.31. The highest BCUT2D eigenvalue weighted by atomic mass is 35.5. The number of nitriles is 1. The van der Waals surface area contributed by atoms with Gasteiger partial charge >= 0.3 is 0 Å². The van der Waals surface area contributed by atoms with Crippen molar-refractivity contribution < 1.29 is 14.3 Å². The number of para-hydroxylation sites is 1. The molecular weight excluding hydrogens is 352 g/mol. The Kier molecular flexibility index (Phi) is 6.65. The zero-order valence-electron chi connectivity index (χ0n) is 14.8. The first-order chi connectivity index (χ1) is 12.5. The van der Waals surface area contributed by atoms with E-state index in [0.717, 1.165) is 5.56 Å². The van der Waals surface area contributed by atoms with Crippen LogP contribution < -0.4 is 14.8 Å². The Morgan fingerprint density at radius 1 is 1.31 bits per heavy atom. The second kappa shape index (κ2) is 8.93. The first-order valence-electron chi connectivity index (χ1n) is 7.99. The van der Waals surface area contributed by atoms with Gasteiger partial charge < -0.3 is 14.8 Å². The molecule has 0 heterocycles. The Morgan fingerprint density at radius 3 is 2.69 bits per heavy atom. The van der Waals surface area contributed by atoms with Crippen LogP contribution >= 0.6 is 11.6 Å². The molecular formula is C20H19ClN2O3. The summed E-state index contributed by atoms with van der Waals surface area (Å²) < 4.78 is 10.8. The largest absolute Gasteiger partial charge is 0.495 e. The van der Waals surface area contributed by atoms with Gasteiger partial charge in [-0.1, -0.05) is 29.8 Å². The molecule has 1 N–H and O–H groups in total. The molecule has 0 aliphatic carbocycles. The average Bonchev–Trinajstić information content (AvgIpc) is 2.63. The predicted octanol–water partition coefficient (Wildman–Crippen LogP) is 4.60. The van der Waals surface area contributed by atoms with Gasteiger partial charge in [0.1, 0.15) is 23.1 Å². The van der Waals surface area contributed by atoms with Crippen molar-refractivity contribution in [2.75, 3.05) is 19.0 Å². The van der Waals surface area contributed by atoms with E-state index in [1.54, 1.807) is 24.3 Å². The van der Waals surface area contributed by atoms with Gasteiger partial charge in [-0.15, -0.1) is 0 Å². The summed E-state index contributed by atoms with van der Waals surface area (Å²) in [5, 5.41) is 12.6. The van der Waals surface area contributed by atoms with E-state index in [9.17, 15) is 10.1 Å². The summed E-state index contributed by atoms with van der Waals surface area (Å²) in [5.74, 6) is 0.482. The van der Waals surface area contributed by atoms with Crippen molar-refractivity contribution in [2.45, 2.75) is 13.8 Å². The molecule has 0 radical (unpaired) electrons. The number of rotatable bonds is 6. The van der Waals surface area contributed by atoms with Crippen LogP contribution in [0.3, 0.4) is 0 Å². The van der Waals surface area contributed by atoms with Gasteiger partial charge in [-0.25, -0.2) is 0 Å². The third-order valence-corrected chi connectivity index (χ3v) is 4.02. The summed E-state index contributed by atoms with van der Waals surface area (Å²) in [6.45, 7) is 4.17. The molecule has 2 rings (SSSR count). The number of benzene rings is 2. The van der Waals surface area contributed by atoms with Crippen molar-refractivity contribution in [3.05, 3.63) is 58.1 Å². The molecule has 1 amide bonds. The number of hydrogen-bond donors (Lipinski definition) is 1. The van der Waals surface area contributed by atoms with Crippen molar-refractivity contribution in [3.8, 4) is 17.6 Å². The zero-order chi connectivity index (χ0) is 19.1. The molecule has 0 aliphatic rings. The van der Waals surface area contributed by atoms with Crippen LogP contribution in [0.5, 0.6) is 11.5 Å². The van der Waals surface area contributed by atoms with Gasteiger partial charge in [-0.05, 0) is 37.6 Å².